The van der Waals surface area contributed by atoms with E-state index in [2.05, 4.69) is 10.6 Å². The molecule has 0 aliphatic carbocycles. The molecular formula is C19H20N2O3. The van der Waals surface area contributed by atoms with Crippen LogP contribution in [0.1, 0.15) is 12.8 Å². The highest BCUT2D eigenvalue weighted by Gasteiger charge is 2.19. The van der Waals surface area contributed by atoms with Crippen LogP contribution in [-0.2, 0) is 4.79 Å². The third-order valence-corrected chi connectivity index (χ3v) is 4.61. The molecular weight excluding hydrogens is 304 g/mol. The highest BCUT2D eigenvalue weighted by atomic mass is 16.5. The molecule has 1 aliphatic rings. The molecule has 0 radical (unpaired) electrons. The molecule has 1 aliphatic heterocycles. The van der Waals surface area contributed by atoms with Gasteiger partial charge >= 0.3 is 0 Å². The number of hydrogen-bond donors (Lipinski definition) is 2. The number of para-hydroxylation sites is 1. The Morgan fingerprint density at radius 1 is 1.29 bits per heavy atom. The van der Waals surface area contributed by atoms with E-state index in [1.807, 2.05) is 36.4 Å². The van der Waals surface area contributed by atoms with Gasteiger partial charge in [0.05, 0.1) is 12.8 Å². The van der Waals surface area contributed by atoms with Gasteiger partial charge in [0.1, 0.15) is 16.9 Å². The lowest BCUT2D eigenvalue weighted by Crippen LogP contribution is -2.18. The zero-order valence-corrected chi connectivity index (χ0v) is 13.6. The van der Waals surface area contributed by atoms with Crippen molar-refractivity contribution in [3.8, 4) is 5.75 Å². The molecule has 1 amide bonds. The van der Waals surface area contributed by atoms with Crippen molar-refractivity contribution >= 4 is 33.5 Å². The van der Waals surface area contributed by atoms with Crippen molar-refractivity contribution in [3.63, 3.8) is 0 Å². The van der Waals surface area contributed by atoms with E-state index in [0.29, 0.717) is 23.8 Å². The van der Waals surface area contributed by atoms with Crippen molar-refractivity contribution < 1.29 is 13.9 Å². The molecule has 1 atom stereocenters. The fraction of sp³-hybridized carbons (Fsp3) is 0.316. The van der Waals surface area contributed by atoms with E-state index in [4.69, 9.17) is 9.15 Å². The van der Waals surface area contributed by atoms with Crippen LogP contribution >= 0.6 is 0 Å². The number of benzene rings is 2. The number of ether oxygens (including phenoxy) is 1. The van der Waals surface area contributed by atoms with Crippen molar-refractivity contribution in [1.82, 2.24) is 5.32 Å². The quantitative estimate of drug-likeness (QED) is 0.770. The van der Waals surface area contributed by atoms with Gasteiger partial charge in [-0.15, -0.1) is 0 Å². The van der Waals surface area contributed by atoms with Gasteiger partial charge in [0.15, 0.2) is 0 Å². The number of carbonyl (C=O) groups is 1. The molecule has 1 fully saturated rings. The van der Waals surface area contributed by atoms with Gasteiger partial charge in [-0.3, -0.25) is 4.79 Å². The van der Waals surface area contributed by atoms with Gasteiger partial charge in [-0.2, -0.15) is 0 Å². The van der Waals surface area contributed by atoms with E-state index in [0.717, 1.165) is 41.4 Å². The van der Waals surface area contributed by atoms with Crippen LogP contribution < -0.4 is 15.4 Å². The summed E-state index contributed by atoms with van der Waals surface area (Å²) < 4.78 is 11.4. The molecule has 1 saturated heterocycles. The second-order valence-corrected chi connectivity index (χ2v) is 6.26. The summed E-state index contributed by atoms with van der Waals surface area (Å²) in [6.45, 7) is 1.90. The van der Waals surface area contributed by atoms with Crippen molar-refractivity contribution in [2.75, 3.05) is 25.5 Å². The van der Waals surface area contributed by atoms with Gasteiger partial charge in [0, 0.05) is 23.3 Å². The predicted molar refractivity (Wildman–Crippen MR) is 94.5 cm³/mol. The lowest BCUT2D eigenvalue weighted by Gasteiger charge is -2.12. The third kappa shape index (κ3) is 2.71. The van der Waals surface area contributed by atoms with Gasteiger partial charge in [-0.05, 0) is 37.6 Å². The average Bonchev–Trinajstić information content (AvgIpc) is 3.20. The van der Waals surface area contributed by atoms with Gasteiger partial charge < -0.3 is 19.8 Å². The first-order chi connectivity index (χ1) is 11.7. The first kappa shape index (κ1) is 15.0. The molecule has 5 heteroatoms. The first-order valence-electron chi connectivity index (χ1n) is 8.24. The van der Waals surface area contributed by atoms with Crippen molar-refractivity contribution in [1.29, 1.82) is 0 Å². The highest BCUT2D eigenvalue weighted by Crippen LogP contribution is 2.36. The van der Waals surface area contributed by atoms with Gasteiger partial charge in [0.2, 0.25) is 5.91 Å². The molecule has 1 aromatic heterocycles. The SMILES string of the molecule is COc1cc2c(cc1NC(=O)CC1CCNC1)oc1ccccc12. The maximum atomic E-state index is 12.3. The Kier molecular flexibility index (Phi) is 3.86. The number of methoxy groups -OCH3 is 1. The number of fused-ring (bicyclic) bond motifs is 3. The Balaban J connectivity index is 1.66. The largest absolute Gasteiger partial charge is 0.495 e. The molecule has 5 nitrogen and oxygen atoms in total. The van der Waals surface area contributed by atoms with Crippen molar-refractivity contribution in [2.45, 2.75) is 12.8 Å². The van der Waals surface area contributed by atoms with E-state index in [1.54, 1.807) is 7.11 Å². The number of amides is 1. The van der Waals surface area contributed by atoms with Crippen LogP contribution in [0.2, 0.25) is 0 Å². The monoisotopic (exact) mass is 324 g/mol. The molecule has 3 aromatic rings. The van der Waals surface area contributed by atoms with Crippen LogP contribution in [-0.4, -0.2) is 26.1 Å². The summed E-state index contributed by atoms with van der Waals surface area (Å²) >= 11 is 0. The maximum absolute atomic E-state index is 12.3. The molecule has 4 rings (SSSR count). The summed E-state index contributed by atoms with van der Waals surface area (Å²) in [6, 6.07) is 11.7. The Bertz CT molecular complexity index is 894. The Hall–Kier alpha value is -2.53. The summed E-state index contributed by atoms with van der Waals surface area (Å²) in [4.78, 5) is 12.3. The van der Waals surface area contributed by atoms with E-state index in [9.17, 15) is 4.79 Å². The Morgan fingerprint density at radius 3 is 2.96 bits per heavy atom. The Labute approximate surface area is 140 Å². The molecule has 0 bridgehead atoms. The minimum Gasteiger partial charge on any atom is -0.495 e. The fourth-order valence-electron chi connectivity index (χ4n) is 3.37. The van der Waals surface area contributed by atoms with Crippen LogP contribution in [0.4, 0.5) is 5.69 Å². The van der Waals surface area contributed by atoms with Crippen LogP contribution in [0.15, 0.2) is 40.8 Å². The van der Waals surface area contributed by atoms with Gasteiger partial charge in [-0.1, -0.05) is 18.2 Å². The second-order valence-electron chi connectivity index (χ2n) is 6.26. The summed E-state index contributed by atoms with van der Waals surface area (Å²) in [7, 11) is 1.61. The van der Waals surface area contributed by atoms with Gasteiger partial charge in [0.25, 0.3) is 0 Å². The molecule has 1 unspecified atom stereocenters. The molecule has 2 N–H and O–H groups in total. The highest BCUT2D eigenvalue weighted by molar-refractivity contribution is 6.07. The summed E-state index contributed by atoms with van der Waals surface area (Å²) in [6.07, 6.45) is 1.57. The minimum atomic E-state index is 0.0115. The zero-order valence-electron chi connectivity index (χ0n) is 13.6. The van der Waals surface area contributed by atoms with E-state index in [1.165, 1.54) is 0 Å². The topological polar surface area (TPSA) is 63.5 Å². The zero-order chi connectivity index (χ0) is 16.5. The lowest BCUT2D eigenvalue weighted by atomic mass is 10.0. The number of carbonyl (C=O) groups excluding carboxylic acids is 1. The molecule has 124 valence electrons. The number of nitrogens with one attached hydrogen (secondary N) is 2. The van der Waals surface area contributed by atoms with Crippen molar-refractivity contribution in [3.05, 3.63) is 36.4 Å². The van der Waals surface area contributed by atoms with Crippen LogP contribution in [0.25, 0.3) is 21.9 Å². The van der Waals surface area contributed by atoms with Crippen LogP contribution in [0.5, 0.6) is 5.75 Å². The van der Waals surface area contributed by atoms with Crippen LogP contribution in [0, 0.1) is 5.92 Å². The average molecular weight is 324 g/mol. The van der Waals surface area contributed by atoms with E-state index >= 15 is 0 Å². The summed E-state index contributed by atoms with van der Waals surface area (Å²) in [5, 5.41) is 8.29. The van der Waals surface area contributed by atoms with E-state index in [-0.39, 0.29) is 5.91 Å². The Morgan fingerprint density at radius 2 is 2.17 bits per heavy atom. The van der Waals surface area contributed by atoms with Gasteiger partial charge in [-0.25, -0.2) is 0 Å². The second kappa shape index (κ2) is 6.17. The van der Waals surface area contributed by atoms with E-state index < -0.39 is 0 Å². The summed E-state index contributed by atoms with van der Waals surface area (Å²) in [5.41, 5.74) is 2.23. The first-order valence-corrected chi connectivity index (χ1v) is 8.24. The number of furan rings is 1. The molecule has 2 heterocycles. The third-order valence-electron chi connectivity index (χ3n) is 4.61. The molecule has 24 heavy (non-hydrogen) atoms. The van der Waals surface area contributed by atoms with Crippen LogP contribution in [0.3, 0.4) is 0 Å². The number of rotatable bonds is 4. The minimum absolute atomic E-state index is 0.0115. The number of hydrogen-bond acceptors (Lipinski definition) is 4. The molecule has 0 saturated carbocycles. The summed E-state index contributed by atoms with van der Waals surface area (Å²) in [5.74, 6) is 1.07. The number of anilines is 1. The smallest absolute Gasteiger partial charge is 0.224 e. The standard InChI is InChI=1S/C19H20N2O3/c1-23-18-9-14-13-4-2-3-5-16(13)24-17(14)10-15(18)21-19(22)8-12-6-7-20-11-12/h2-5,9-10,12,20H,6-8,11H2,1H3,(H,21,22). The normalized spacial score (nSPS) is 17.5. The molecule has 0 spiro atoms. The predicted octanol–water partition coefficient (Wildman–Crippen LogP) is 3.53. The lowest BCUT2D eigenvalue weighted by molar-refractivity contribution is -0.117. The fourth-order valence-corrected chi connectivity index (χ4v) is 3.37. The molecule has 2 aromatic carbocycles. The maximum Gasteiger partial charge on any atom is 0.224 e. The van der Waals surface area contributed by atoms with Crippen molar-refractivity contribution in [2.24, 2.45) is 5.92 Å².